The molecule has 0 aliphatic carbocycles. The van der Waals surface area contributed by atoms with Crippen molar-refractivity contribution in [3.05, 3.63) is 65.0 Å². The Morgan fingerprint density at radius 3 is 2.38 bits per heavy atom. The van der Waals surface area contributed by atoms with Gasteiger partial charge < -0.3 is 5.32 Å². The van der Waals surface area contributed by atoms with E-state index in [4.69, 9.17) is 0 Å². The highest BCUT2D eigenvalue weighted by Gasteiger charge is 2.24. The van der Waals surface area contributed by atoms with Gasteiger partial charge in [-0.15, -0.1) is 0 Å². The van der Waals surface area contributed by atoms with Crippen LogP contribution in [0.15, 0.2) is 42.5 Å². The van der Waals surface area contributed by atoms with Crippen molar-refractivity contribution in [2.24, 2.45) is 0 Å². The van der Waals surface area contributed by atoms with Crippen LogP contribution in [-0.4, -0.2) is 27.1 Å². The van der Waals surface area contributed by atoms with Crippen LogP contribution in [-0.2, 0) is 14.8 Å². The van der Waals surface area contributed by atoms with E-state index in [1.807, 2.05) is 39.0 Å². The summed E-state index contributed by atoms with van der Waals surface area (Å²) in [7, 11) is -3.82. The minimum Gasteiger partial charge on any atom is -0.348 e. The molecule has 1 unspecified atom stereocenters. The molecule has 1 N–H and O–H groups in total. The highest BCUT2D eigenvalue weighted by atomic mass is 32.2. The predicted molar refractivity (Wildman–Crippen MR) is 101 cm³/mol. The third-order valence-electron chi connectivity index (χ3n) is 4.22. The van der Waals surface area contributed by atoms with Crippen molar-refractivity contribution in [1.82, 2.24) is 5.32 Å². The summed E-state index contributed by atoms with van der Waals surface area (Å²) in [6.07, 6.45) is 0.944. The minimum absolute atomic E-state index is 0.149. The second-order valence-electron chi connectivity index (χ2n) is 6.35. The molecule has 0 aliphatic heterocycles. The van der Waals surface area contributed by atoms with E-state index >= 15 is 0 Å². The molecule has 0 saturated heterocycles. The predicted octanol–water partition coefficient (Wildman–Crippen LogP) is 3.09. The van der Waals surface area contributed by atoms with Crippen LogP contribution in [0.1, 0.15) is 29.7 Å². The summed E-state index contributed by atoms with van der Waals surface area (Å²) >= 11 is 0. The van der Waals surface area contributed by atoms with E-state index < -0.39 is 28.3 Å². The van der Waals surface area contributed by atoms with E-state index in [2.05, 4.69) is 5.32 Å². The fraction of sp³-hybridized carbons (Fsp3) is 0.316. The number of rotatable bonds is 6. The fourth-order valence-electron chi connectivity index (χ4n) is 2.57. The van der Waals surface area contributed by atoms with Crippen molar-refractivity contribution in [2.45, 2.75) is 26.8 Å². The van der Waals surface area contributed by atoms with E-state index in [1.54, 1.807) is 0 Å². The molecule has 2 aromatic carbocycles. The summed E-state index contributed by atoms with van der Waals surface area (Å²) in [4.78, 5) is 12.4. The number of hydrogen-bond acceptors (Lipinski definition) is 3. The highest BCUT2D eigenvalue weighted by Crippen LogP contribution is 2.21. The quantitative estimate of drug-likeness (QED) is 0.840. The van der Waals surface area contributed by atoms with Crippen LogP contribution in [0.25, 0.3) is 0 Å². The summed E-state index contributed by atoms with van der Waals surface area (Å²) in [5.74, 6) is -1.21. The molecule has 140 valence electrons. The number of carbonyl (C=O) groups is 1. The molecular weight excluding hydrogens is 355 g/mol. The number of hydrogen-bond donors (Lipinski definition) is 1. The molecule has 1 atom stereocenters. The lowest BCUT2D eigenvalue weighted by Crippen LogP contribution is -2.41. The Bertz CT molecular complexity index is 913. The molecule has 2 aromatic rings. The Labute approximate surface area is 153 Å². The number of nitrogens with one attached hydrogen (secondary N) is 1. The van der Waals surface area contributed by atoms with Crippen molar-refractivity contribution in [3.8, 4) is 0 Å². The number of para-hydroxylation sites is 1. The number of benzene rings is 2. The summed E-state index contributed by atoms with van der Waals surface area (Å²) in [6.45, 7) is 5.31. The Kier molecular flexibility index (Phi) is 6.02. The van der Waals surface area contributed by atoms with Crippen LogP contribution in [0.2, 0.25) is 0 Å². The van der Waals surface area contributed by atoms with E-state index in [9.17, 15) is 17.6 Å². The van der Waals surface area contributed by atoms with Gasteiger partial charge in [0.2, 0.25) is 15.9 Å². The Balaban J connectivity index is 2.17. The fourth-order valence-corrected chi connectivity index (χ4v) is 3.43. The number of nitrogens with zero attached hydrogens (tertiary/aromatic N) is 1. The number of sulfonamides is 1. The van der Waals surface area contributed by atoms with Crippen LogP contribution < -0.4 is 9.62 Å². The van der Waals surface area contributed by atoms with E-state index in [1.165, 1.54) is 18.2 Å². The topological polar surface area (TPSA) is 66.5 Å². The van der Waals surface area contributed by atoms with Crippen molar-refractivity contribution < 1.29 is 17.6 Å². The van der Waals surface area contributed by atoms with Gasteiger partial charge in [-0.3, -0.25) is 9.10 Å². The van der Waals surface area contributed by atoms with Crippen molar-refractivity contribution in [2.75, 3.05) is 17.1 Å². The molecule has 26 heavy (non-hydrogen) atoms. The Morgan fingerprint density at radius 2 is 1.81 bits per heavy atom. The average molecular weight is 378 g/mol. The largest absolute Gasteiger partial charge is 0.348 e. The van der Waals surface area contributed by atoms with Gasteiger partial charge in [-0.25, -0.2) is 12.8 Å². The van der Waals surface area contributed by atoms with E-state index in [-0.39, 0.29) is 11.7 Å². The molecule has 0 saturated carbocycles. The summed E-state index contributed by atoms with van der Waals surface area (Å²) in [5, 5.41) is 2.77. The average Bonchev–Trinajstić information content (AvgIpc) is 2.55. The standard InChI is InChI=1S/C19H23FN2O3S/c1-13-9-10-16(11-14(13)2)15(3)21-19(23)12-22(26(4,24)25)18-8-6-5-7-17(18)20/h5-11,15H,12H2,1-4H3,(H,21,23). The number of carbonyl (C=O) groups excluding carboxylic acids is 1. The van der Waals surface area contributed by atoms with Gasteiger partial charge in [-0.05, 0) is 49.6 Å². The molecule has 0 fully saturated rings. The molecule has 0 radical (unpaired) electrons. The molecule has 2 rings (SSSR count). The number of halogens is 1. The maximum absolute atomic E-state index is 14.0. The molecule has 5 nitrogen and oxygen atoms in total. The number of aryl methyl sites for hydroxylation is 2. The van der Waals surface area contributed by atoms with Gasteiger partial charge >= 0.3 is 0 Å². The zero-order valence-electron chi connectivity index (χ0n) is 15.3. The van der Waals surface area contributed by atoms with Gasteiger partial charge in [0, 0.05) is 0 Å². The van der Waals surface area contributed by atoms with Crippen LogP contribution in [0.3, 0.4) is 0 Å². The first-order valence-corrected chi connectivity index (χ1v) is 10.0. The lowest BCUT2D eigenvalue weighted by atomic mass is 10.0. The molecule has 0 heterocycles. The van der Waals surface area contributed by atoms with Crippen molar-refractivity contribution in [1.29, 1.82) is 0 Å². The lowest BCUT2D eigenvalue weighted by molar-refractivity contribution is -0.120. The monoisotopic (exact) mass is 378 g/mol. The summed E-state index contributed by atoms with van der Waals surface area (Å²) < 4.78 is 38.8. The molecular formula is C19H23FN2O3S. The minimum atomic E-state index is -3.82. The van der Waals surface area contributed by atoms with Crippen LogP contribution >= 0.6 is 0 Å². The molecule has 1 amide bonds. The zero-order chi connectivity index (χ0) is 19.5. The Morgan fingerprint density at radius 1 is 1.15 bits per heavy atom. The molecule has 0 bridgehead atoms. The van der Waals surface area contributed by atoms with Gasteiger partial charge in [0.05, 0.1) is 18.0 Å². The van der Waals surface area contributed by atoms with Gasteiger partial charge in [-0.1, -0.05) is 30.3 Å². The summed E-state index contributed by atoms with van der Waals surface area (Å²) in [6, 6.07) is 11.0. The first-order chi connectivity index (χ1) is 12.1. The van der Waals surface area contributed by atoms with Crippen LogP contribution in [0, 0.1) is 19.7 Å². The number of amides is 1. The summed E-state index contributed by atoms with van der Waals surface area (Å²) in [5.41, 5.74) is 3.02. The highest BCUT2D eigenvalue weighted by molar-refractivity contribution is 7.92. The van der Waals surface area contributed by atoms with Crippen molar-refractivity contribution in [3.63, 3.8) is 0 Å². The third kappa shape index (κ3) is 4.82. The van der Waals surface area contributed by atoms with Gasteiger partial charge in [0.1, 0.15) is 12.4 Å². The molecule has 7 heteroatoms. The third-order valence-corrected chi connectivity index (χ3v) is 5.34. The maximum atomic E-state index is 14.0. The first kappa shape index (κ1) is 19.9. The van der Waals surface area contributed by atoms with Gasteiger partial charge in [0.25, 0.3) is 0 Å². The normalized spacial score (nSPS) is 12.5. The second-order valence-corrected chi connectivity index (χ2v) is 8.26. The van der Waals surface area contributed by atoms with Crippen LogP contribution in [0.4, 0.5) is 10.1 Å². The number of anilines is 1. The van der Waals surface area contributed by atoms with Crippen LogP contribution in [0.5, 0.6) is 0 Å². The zero-order valence-corrected chi connectivity index (χ0v) is 16.1. The molecule has 0 spiro atoms. The lowest BCUT2D eigenvalue weighted by Gasteiger charge is -2.23. The SMILES string of the molecule is Cc1ccc(C(C)NC(=O)CN(c2ccccc2F)S(C)(=O)=O)cc1C. The Hall–Kier alpha value is -2.41. The van der Waals surface area contributed by atoms with E-state index in [0.717, 1.165) is 33.3 Å². The maximum Gasteiger partial charge on any atom is 0.241 e. The van der Waals surface area contributed by atoms with Gasteiger partial charge in [0.15, 0.2) is 0 Å². The molecule has 0 aliphatic rings. The first-order valence-electron chi connectivity index (χ1n) is 8.18. The van der Waals surface area contributed by atoms with Gasteiger partial charge in [-0.2, -0.15) is 0 Å². The van der Waals surface area contributed by atoms with E-state index in [0.29, 0.717) is 0 Å². The molecule has 0 aromatic heterocycles. The van der Waals surface area contributed by atoms with Crippen molar-refractivity contribution >= 4 is 21.6 Å². The second kappa shape index (κ2) is 7.86. The smallest absolute Gasteiger partial charge is 0.241 e.